The van der Waals surface area contributed by atoms with Gasteiger partial charge in [-0.05, 0) is 87.7 Å². The molecule has 3 aromatic carbocycles. The summed E-state index contributed by atoms with van der Waals surface area (Å²) in [5.41, 5.74) is 0.980. The molecule has 1 aliphatic heterocycles. The van der Waals surface area contributed by atoms with Crippen LogP contribution in [0.2, 0.25) is 0 Å². The second-order valence-electron chi connectivity index (χ2n) is 12.5. The van der Waals surface area contributed by atoms with Crippen LogP contribution < -0.4 is 19.5 Å². The maximum absolute atomic E-state index is 14.4. The number of hydrogen-bond acceptors (Lipinski definition) is 8. The number of aliphatic hydroxyl groups excluding tert-OH is 1. The van der Waals surface area contributed by atoms with E-state index in [1.807, 2.05) is 13.8 Å². The molecule has 0 saturated heterocycles. The van der Waals surface area contributed by atoms with Crippen molar-refractivity contribution >= 4 is 33.3 Å². The van der Waals surface area contributed by atoms with Crippen molar-refractivity contribution in [2.75, 3.05) is 50.5 Å². The Kier molecular flexibility index (Phi) is 13.3. The Bertz CT molecular complexity index is 1640. The van der Waals surface area contributed by atoms with Gasteiger partial charge in [0.05, 0.1) is 42.4 Å². The van der Waals surface area contributed by atoms with E-state index in [1.165, 1.54) is 18.2 Å². The third kappa shape index (κ3) is 10.3. The zero-order valence-electron chi connectivity index (χ0n) is 28.8. The van der Waals surface area contributed by atoms with Crippen molar-refractivity contribution in [2.45, 2.75) is 63.2 Å². The molecule has 1 aliphatic rings. The number of benzene rings is 3. The van der Waals surface area contributed by atoms with E-state index in [2.05, 4.69) is 10.0 Å². The molecular formula is C36H48N4O8S. The Hall–Kier alpha value is -4.33. The molecule has 3 aromatic rings. The lowest BCUT2D eigenvalue weighted by Gasteiger charge is -2.35. The highest BCUT2D eigenvalue weighted by Gasteiger charge is 2.31. The summed E-state index contributed by atoms with van der Waals surface area (Å²) in [5, 5.41) is 13.1. The highest BCUT2D eigenvalue weighted by Crippen LogP contribution is 2.29. The summed E-state index contributed by atoms with van der Waals surface area (Å²) in [6.07, 6.45) is 1.59. The van der Waals surface area contributed by atoms with Crippen molar-refractivity contribution < 1.29 is 37.3 Å². The Labute approximate surface area is 289 Å². The summed E-state index contributed by atoms with van der Waals surface area (Å²) in [7, 11) is -0.662. The molecule has 0 unspecified atom stereocenters. The van der Waals surface area contributed by atoms with Crippen LogP contribution in [0.4, 0.5) is 16.2 Å². The van der Waals surface area contributed by atoms with Gasteiger partial charge in [-0.3, -0.25) is 9.52 Å². The number of carbonyl (C=O) groups excluding carboxylic acids is 2. The molecule has 4 atom stereocenters. The van der Waals surface area contributed by atoms with E-state index >= 15 is 0 Å². The van der Waals surface area contributed by atoms with E-state index < -0.39 is 28.1 Å². The molecule has 0 aromatic heterocycles. The minimum Gasteiger partial charge on any atom is -0.497 e. The van der Waals surface area contributed by atoms with E-state index in [9.17, 15) is 23.1 Å². The van der Waals surface area contributed by atoms with Crippen LogP contribution in [0.5, 0.6) is 11.5 Å². The number of hydrogen-bond donors (Lipinski definition) is 3. The summed E-state index contributed by atoms with van der Waals surface area (Å²) in [4.78, 5) is 30.7. The molecule has 1 heterocycles. The normalized spacial score (nSPS) is 19.8. The fourth-order valence-electron chi connectivity index (χ4n) is 5.51. The minimum absolute atomic E-state index is 0.0873. The number of nitrogens with one attached hydrogen (secondary N) is 2. The lowest BCUT2D eigenvalue weighted by Crippen LogP contribution is -2.48. The second-order valence-corrected chi connectivity index (χ2v) is 14.2. The summed E-state index contributed by atoms with van der Waals surface area (Å²) in [5.74, 6) is 0.304. The highest BCUT2D eigenvalue weighted by molar-refractivity contribution is 7.92. The number of ether oxygens (including phenoxy) is 3. The predicted molar refractivity (Wildman–Crippen MR) is 189 cm³/mol. The number of carbonyl (C=O) groups is 2. The van der Waals surface area contributed by atoms with E-state index in [0.717, 1.165) is 12.8 Å². The van der Waals surface area contributed by atoms with Crippen LogP contribution in [-0.4, -0.2) is 94.0 Å². The Morgan fingerprint density at radius 2 is 1.76 bits per heavy atom. The molecular weight excluding hydrogens is 648 g/mol. The average Bonchev–Trinajstić information content (AvgIpc) is 3.10. The number of rotatable bonds is 9. The number of nitrogens with zero attached hydrogens (tertiary/aromatic N) is 2. The van der Waals surface area contributed by atoms with Crippen LogP contribution in [0, 0.1) is 5.92 Å². The predicted octanol–water partition coefficient (Wildman–Crippen LogP) is 5.46. The zero-order valence-corrected chi connectivity index (χ0v) is 29.6. The summed E-state index contributed by atoms with van der Waals surface area (Å²) >= 11 is 0. The number of methoxy groups -OCH3 is 1. The zero-order chi connectivity index (χ0) is 35.6. The topological polar surface area (TPSA) is 147 Å². The molecule has 3 amide bonds. The van der Waals surface area contributed by atoms with Crippen LogP contribution in [-0.2, 0) is 14.8 Å². The first-order chi connectivity index (χ1) is 23.4. The second kappa shape index (κ2) is 17.4. The standard InChI is InChI=1S/C36H48N4O8S/c1-25-22-40(26(2)24-41)35(42)32-21-29(38-49(44,45)31-12-7-6-8-13-31)16-19-33(32)48-27(3)11-9-10-20-47-34(25)23-39(4)36(43)37-28-14-17-30(46-5)18-15-28/h6-8,12-19,21,25-27,34,38,41H,9-11,20,22-24H2,1-5H3,(H,37,43)/t25-,26+,27+,34-/m1/s1. The van der Waals surface area contributed by atoms with Gasteiger partial charge >= 0.3 is 6.03 Å². The fourth-order valence-corrected chi connectivity index (χ4v) is 6.58. The minimum atomic E-state index is -3.92. The van der Waals surface area contributed by atoms with Crippen molar-refractivity contribution in [3.8, 4) is 11.5 Å². The van der Waals surface area contributed by atoms with Crippen LogP contribution >= 0.6 is 0 Å². The fraction of sp³-hybridized carbons (Fsp3) is 0.444. The van der Waals surface area contributed by atoms with E-state index in [-0.39, 0.29) is 53.9 Å². The van der Waals surface area contributed by atoms with Crippen LogP contribution in [0.1, 0.15) is 50.4 Å². The van der Waals surface area contributed by atoms with Crippen molar-refractivity contribution in [1.82, 2.24) is 9.80 Å². The number of fused-ring (bicyclic) bond motifs is 1. The Balaban J connectivity index is 1.60. The number of aliphatic hydroxyl groups is 1. The molecule has 266 valence electrons. The number of sulfonamides is 1. The first-order valence-corrected chi connectivity index (χ1v) is 18.0. The van der Waals surface area contributed by atoms with E-state index in [4.69, 9.17) is 14.2 Å². The van der Waals surface area contributed by atoms with E-state index in [1.54, 1.807) is 85.5 Å². The molecule has 0 radical (unpaired) electrons. The van der Waals surface area contributed by atoms with Gasteiger partial charge in [0.15, 0.2) is 0 Å². The lowest BCUT2D eigenvalue weighted by atomic mass is 10.0. The maximum Gasteiger partial charge on any atom is 0.321 e. The number of urea groups is 1. The first kappa shape index (κ1) is 37.5. The molecule has 12 nitrogen and oxygen atoms in total. The van der Waals surface area contributed by atoms with Gasteiger partial charge < -0.3 is 34.4 Å². The maximum atomic E-state index is 14.4. The number of amides is 3. The van der Waals surface area contributed by atoms with Crippen molar-refractivity contribution in [3.63, 3.8) is 0 Å². The smallest absolute Gasteiger partial charge is 0.321 e. The van der Waals surface area contributed by atoms with Crippen LogP contribution in [0.3, 0.4) is 0 Å². The summed E-state index contributed by atoms with van der Waals surface area (Å²) < 4.78 is 46.6. The van der Waals surface area contributed by atoms with E-state index in [0.29, 0.717) is 30.2 Å². The molecule has 13 heteroatoms. The number of anilines is 2. The van der Waals surface area contributed by atoms with Gasteiger partial charge in [-0.1, -0.05) is 25.1 Å². The molecule has 0 aliphatic carbocycles. The third-order valence-electron chi connectivity index (χ3n) is 8.50. The van der Waals surface area contributed by atoms with Crippen LogP contribution in [0.15, 0.2) is 77.7 Å². The molecule has 0 fully saturated rings. The number of likely N-dealkylation sites (N-methyl/N-ethyl adjacent to an activating group) is 1. The molecule has 49 heavy (non-hydrogen) atoms. The molecule has 0 saturated carbocycles. The van der Waals surface area contributed by atoms with Crippen molar-refractivity contribution in [3.05, 3.63) is 78.4 Å². The van der Waals surface area contributed by atoms with Gasteiger partial charge in [-0.25, -0.2) is 13.2 Å². The molecule has 0 bridgehead atoms. The third-order valence-corrected chi connectivity index (χ3v) is 9.90. The first-order valence-electron chi connectivity index (χ1n) is 16.5. The molecule has 3 N–H and O–H groups in total. The Morgan fingerprint density at radius 3 is 2.43 bits per heavy atom. The van der Waals surface area contributed by atoms with Gasteiger partial charge in [0.25, 0.3) is 15.9 Å². The monoisotopic (exact) mass is 696 g/mol. The van der Waals surface area contributed by atoms with Gasteiger partial charge in [0.1, 0.15) is 11.5 Å². The SMILES string of the molecule is COc1ccc(NC(=O)N(C)C[C@H]2OCCCC[C@H](C)Oc3ccc(NS(=O)(=O)c4ccccc4)cc3C(=O)N([C@@H](C)CO)C[C@H]2C)cc1. The quantitative estimate of drug-likeness (QED) is 0.268. The van der Waals surface area contributed by atoms with Crippen LogP contribution in [0.25, 0.3) is 0 Å². The highest BCUT2D eigenvalue weighted by atomic mass is 32.2. The molecule has 4 rings (SSSR count). The van der Waals surface area contributed by atoms with Crippen molar-refractivity contribution in [2.24, 2.45) is 5.92 Å². The summed E-state index contributed by atoms with van der Waals surface area (Å²) in [6.45, 7) is 6.20. The average molecular weight is 697 g/mol. The van der Waals surface area contributed by atoms with Gasteiger partial charge in [-0.15, -0.1) is 0 Å². The lowest BCUT2D eigenvalue weighted by molar-refractivity contribution is -0.0115. The molecule has 0 spiro atoms. The van der Waals surface area contributed by atoms with Gasteiger partial charge in [0.2, 0.25) is 0 Å². The van der Waals surface area contributed by atoms with Crippen molar-refractivity contribution in [1.29, 1.82) is 0 Å². The largest absolute Gasteiger partial charge is 0.497 e. The summed E-state index contributed by atoms with van der Waals surface area (Å²) in [6, 6.07) is 18.7. The van der Waals surface area contributed by atoms with Gasteiger partial charge in [0, 0.05) is 44.0 Å². The Morgan fingerprint density at radius 1 is 1.06 bits per heavy atom. The van der Waals surface area contributed by atoms with Gasteiger partial charge in [-0.2, -0.15) is 0 Å².